The normalized spacial score (nSPS) is 17.2. The van der Waals surface area contributed by atoms with Crippen LogP contribution in [-0.4, -0.2) is 28.8 Å². The van der Waals surface area contributed by atoms with E-state index >= 15 is 0 Å². The number of aromatic nitrogens is 2. The monoisotopic (exact) mass is 307 g/mol. The van der Waals surface area contributed by atoms with E-state index in [2.05, 4.69) is 31.2 Å². The summed E-state index contributed by atoms with van der Waals surface area (Å²) in [6.07, 6.45) is 5.37. The van der Waals surface area contributed by atoms with Crippen LogP contribution in [0.4, 0.5) is 0 Å². The van der Waals surface area contributed by atoms with Gasteiger partial charge in [-0.05, 0) is 47.9 Å². The number of hydrogen-bond donors (Lipinski definition) is 2. The second-order valence-electron chi connectivity index (χ2n) is 4.64. The Kier molecular flexibility index (Phi) is 3.18. The van der Waals surface area contributed by atoms with Crippen molar-refractivity contribution < 1.29 is 4.79 Å². The van der Waals surface area contributed by atoms with E-state index in [0.29, 0.717) is 0 Å². The van der Waals surface area contributed by atoms with Crippen LogP contribution in [0, 0.1) is 5.92 Å². The zero-order valence-electron chi connectivity index (χ0n) is 9.87. The third-order valence-electron chi connectivity index (χ3n) is 3.47. The Morgan fingerprint density at radius 3 is 2.94 bits per heavy atom. The quantitative estimate of drug-likeness (QED) is 0.838. The standard InChI is InChI=1S/C13H14BrN3O/c14-9-5-10-11(7-17-13(10)16-6-9)12(18)8-1-3-15-4-2-8/h5-8,15H,1-4H2,(H,16,17). The molecule has 5 heteroatoms. The number of piperidine rings is 1. The van der Waals surface area contributed by atoms with Crippen LogP contribution in [-0.2, 0) is 0 Å². The first-order valence-electron chi connectivity index (χ1n) is 6.13. The van der Waals surface area contributed by atoms with Gasteiger partial charge >= 0.3 is 0 Å². The van der Waals surface area contributed by atoms with E-state index in [1.165, 1.54) is 0 Å². The molecule has 0 saturated carbocycles. The van der Waals surface area contributed by atoms with Crippen molar-refractivity contribution in [3.63, 3.8) is 0 Å². The maximum Gasteiger partial charge on any atom is 0.168 e. The van der Waals surface area contributed by atoms with Crippen LogP contribution >= 0.6 is 15.9 Å². The molecular weight excluding hydrogens is 294 g/mol. The lowest BCUT2D eigenvalue weighted by Crippen LogP contribution is -2.31. The number of H-pyrrole nitrogens is 1. The van der Waals surface area contributed by atoms with Crippen LogP contribution in [0.25, 0.3) is 11.0 Å². The average molecular weight is 308 g/mol. The highest BCUT2D eigenvalue weighted by Gasteiger charge is 2.24. The van der Waals surface area contributed by atoms with Crippen molar-refractivity contribution in [2.45, 2.75) is 12.8 Å². The zero-order chi connectivity index (χ0) is 12.5. The van der Waals surface area contributed by atoms with Crippen molar-refractivity contribution in [3.8, 4) is 0 Å². The smallest absolute Gasteiger partial charge is 0.168 e. The molecular formula is C13H14BrN3O. The van der Waals surface area contributed by atoms with E-state index in [-0.39, 0.29) is 11.7 Å². The molecule has 2 aromatic rings. The van der Waals surface area contributed by atoms with E-state index in [1.807, 2.05) is 6.07 Å². The highest BCUT2D eigenvalue weighted by Crippen LogP contribution is 2.25. The first kappa shape index (κ1) is 11.9. The van der Waals surface area contributed by atoms with Crippen LogP contribution in [0.5, 0.6) is 0 Å². The van der Waals surface area contributed by atoms with Gasteiger partial charge < -0.3 is 10.3 Å². The number of fused-ring (bicyclic) bond motifs is 1. The van der Waals surface area contributed by atoms with Crippen molar-refractivity contribution in [3.05, 3.63) is 28.5 Å². The lowest BCUT2D eigenvalue weighted by Gasteiger charge is -2.21. The van der Waals surface area contributed by atoms with Crippen molar-refractivity contribution >= 4 is 32.7 Å². The highest BCUT2D eigenvalue weighted by atomic mass is 79.9. The first-order valence-corrected chi connectivity index (χ1v) is 6.92. The predicted molar refractivity (Wildman–Crippen MR) is 73.7 cm³/mol. The van der Waals surface area contributed by atoms with Crippen LogP contribution in [0.3, 0.4) is 0 Å². The molecule has 3 heterocycles. The zero-order valence-corrected chi connectivity index (χ0v) is 11.5. The Bertz CT molecular complexity index is 587. The molecule has 2 N–H and O–H groups in total. The molecule has 4 nitrogen and oxygen atoms in total. The fourth-order valence-electron chi connectivity index (χ4n) is 2.49. The summed E-state index contributed by atoms with van der Waals surface area (Å²) in [5, 5.41) is 4.19. The fraction of sp³-hybridized carbons (Fsp3) is 0.385. The van der Waals surface area contributed by atoms with Gasteiger partial charge in [0, 0.05) is 33.7 Å². The van der Waals surface area contributed by atoms with E-state index in [4.69, 9.17) is 0 Å². The molecule has 3 rings (SSSR count). The van der Waals surface area contributed by atoms with Gasteiger partial charge in [0.1, 0.15) is 5.65 Å². The molecule has 1 saturated heterocycles. The number of carbonyl (C=O) groups is 1. The molecule has 18 heavy (non-hydrogen) atoms. The molecule has 0 unspecified atom stereocenters. The fourth-order valence-corrected chi connectivity index (χ4v) is 2.82. The Balaban J connectivity index is 1.98. The summed E-state index contributed by atoms with van der Waals surface area (Å²) in [7, 11) is 0. The number of nitrogens with zero attached hydrogens (tertiary/aromatic N) is 1. The topological polar surface area (TPSA) is 57.8 Å². The number of ketones is 1. The molecule has 0 bridgehead atoms. The minimum atomic E-state index is 0.143. The van der Waals surface area contributed by atoms with Crippen molar-refractivity contribution in [1.82, 2.24) is 15.3 Å². The largest absolute Gasteiger partial charge is 0.345 e. The van der Waals surface area contributed by atoms with Gasteiger partial charge in [-0.1, -0.05) is 0 Å². The Morgan fingerprint density at radius 1 is 1.39 bits per heavy atom. The van der Waals surface area contributed by atoms with Crippen molar-refractivity contribution in [2.75, 3.05) is 13.1 Å². The number of hydrogen-bond acceptors (Lipinski definition) is 3. The molecule has 0 radical (unpaired) electrons. The van der Waals surface area contributed by atoms with Crippen LogP contribution in [0.1, 0.15) is 23.2 Å². The van der Waals surface area contributed by atoms with Gasteiger partial charge in [0.25, 0.3) is 0 Å². The van der Waals surface area contributed by atoms with Gasteiger partial charge in [0.2, 0.25) is 0 Å². The third kappa shape index (κ3) is 2.08. The Morgan fingerprint density at radius 2 is 2.17 bits per heavy atom. The van der Waals surface area contributed by atoms with Crippen molar-refractivity contribution in [1.29, 1.82) is 0 Å². The van der Waals surface area contributed by atoms with Crippen LogP contribution in [0.2, 0.25) is 0 Å². The van der Waals surface area contributed by atoms with Gasteiger partial charge in [0.05, 0.1) is 0 Å². The predicted octanol–water partition coefficient (Wildman–Crippen LogP) is 2.51. The lowest BCUT2D eigenvalue weighted by molar-refractivity contribution is 0.0897. The maximum atomic E-state index is 12.5. The molecule has 1 aliphatic heterocycles. The first-order chi connectivity index (χ1) is 8.75. The van der Waals surface area contributed by atoms with Gasteiger partial charge in [-0.3, -0.25) is 4.79 Å². The molecule has 2 aromatic heterocycles. The second-order valence-corrected chi connectivity index (χ2v) is 5.56. The van der Waals surface area contributed by atoms with Crippen LogP contribution in [0.15, 0.2) is 22.9 Å². The number of aromatic amines is 1. The number of rotatable bonds is 2. The number of Topliss-reactive ketones (excluding diaryl/α,β-unsaturated/α-hetero) is 1. The molecule has 0 spiro atoms. The lowest BCUT2D eigenvalue weighted by atomic mass is 9.90. The van der Waals surface area contributed by atoms with Gasteiger partial charge in [-0.2, -0.15) is 0 Å². The summed E-state index contributed by atoms with van der Waals surface area (Å²) < 4.78 is 0.897. The Hall–Kier alpha value is -1.20. The number of halogens is 1. The second kappa shape index (κ2) is 4.82. The minimum Gasteiger partial charge on any atom is -0.345 e. The maximum absolute atomic E-state index is 12.5. The molecule has 0 amide bonds. The van der Waals surface area contributed by atoms with Gasteiger partial charge in [-0.15, -0.1) is 0 Å². The average Bonchev–Trinajstić information content (AvgIpc) is 2.82. The summed E-state index contributed by atoms with van der Waals surface area (Å²) in [5.41, 5.74) is 1.54. The SMILES string of the molecule is O=C(c1c[nH]c2ncc(Br)cc12)C1CCNCC1. The van der Waals surface area contributed by atoms with E-state index in [0.717, 1.165) is 47.0 Å². The summed E-state index contributed by atoms with van der Waals surface area (Å²) in [5.74, 6) is 0.381. The number of carbonyl (C=O) groups excluding carboxylic acids is 1. The summed E-state index contributed by atoms with van der Waals surface area (Å²) >= 11 is 3.40. The highest BCUT2D eigenvalue weighted by molar-refractivity contribution is 9.10. The van der Waals surface area contributed by atoms with Crippen LogP contribution < -0.4 is 5.32 Å². The molecule has 1 aliphatic rings. The Labute approximate surface area is 113 Å². The molecule has 1 fully saturated rings. The van der Waals surface area contributed by atoms with Gasteiger partial charge in [0.15, 0.2) is 5.78 Å². The van der Waals surface area contributed by atoms with Gasteiger partial charge in [-0.25, -0.2) is 4.98 Å². The number of pyridine rings is 1. The van der Waals surface area contributed by atoms with E-state index in [1.54, 1.807) is 12.4 Å². The third-order valence-corrected chi connectivity index (χ3v) is 3.91. The minimum absolute atomic E-state index is 0.143. The summed E-state index contributed by atoms with van der Waals surface area (Å²) in [4.78, 5) is 19.8. The molecule has 0 aromatic carbocycles. The summed E-state index contributed by atoms with van der Waals surface area (Å²) in [6, 6.07) is 1.95. The molecule has 94 valence electrons. The van der Waals surface area contributed by atoms with E-state index in [9.17, 15) is 4.79 Å². The molecule has 0 aliphatic carbocycles. The van der Waals surface area contributed by atoms with E-state index < -0.39 is 0 Å². The summed E-state index contributed by atoms with van der Waals surface area (Å²) in [6.45, 7) is 1.86. The molecule has 0 atom stereocenters. The van der Waals surface area contributed by atoms with Crippen molar-refractivity contribution in [2.24, 2.45) is 5.92 Å². The number of nitrogens with one attached hydrogen (secondary N) is 2.